The lowest BCUT2D eigenvalue weighted by Gasteiger charge is -2.31. The summed E-state index contributed by atoms with van der Waals surface area (Å²) in [4.78, 5) is 26.0. The summed E-state index contributed by atoms with van der Waals surface area (Å²) in [5.41, 5.74) is 5.96. The average molecular weight is 328 g/mol. The minimum absolute atomic E-state index is 0.228. The van der Waals surface area contributed by atoms with Gasteiger partial charge in [0.1, 0.15) is 0 Å². The molecule has 1 aromatic rings. The summed E-state index contributed by atoms with van der Waals surface area (Å²) < 4.78 is 0. The van der Waals surface area contributed by atoms with Crippen molar-refractivity contribution < 1.29 is 9.59 Å². The Bertz CT molecular complexity index is 553. The van der Waals surface area contributed by atoms with Crippen molar-refractivity contribution in [1.82, 2.24) is 4.90 Å². The maximum Gasteiger partial charge on any atom is 0.321 e. The van der Waals surface area contributed by atoms with Crippen molar-refractivity contribution in [3.8, 4) is 0 Å². The third-order valence-electron chi connectivity index (χ3n) is 3.51. The second-order valence-electron chi connectivity index (χ2n) is 4.97. The third kappa shape index (κ3) is 4.04. The highest BCUT2D eigenvalue weighted by Gasteiger charge is 2.26. The lowest BCUT2D eigenvalue weighted by molar-refractivity contribution is -0.123. The lowest BCUT2D eigenvalue weighted by Crippen LogP contribution is -2.45. The number of hydrogen-bond acceptors (Lipinski definition) is 3. The number of nitrogens with zero attached hydrogens (tertiary/aromatic N) is 1. The molecule has 1 saturated heterocycles. The van der Waals surface area contributed by atoms with Gasteiger partial charge in [-0.1, -0.05) is 11.6 Å². The Kier molecular flexibility index (Phi) is 5.36. The number of nitrogens with one attached hydrogen (secondary N) is 1. The number of amides is 3. The molecule has 0 spiro atoms. The molecule has 0 aromatic heterocycles. The quantitative estimate of drug-likeness (QED) is 0.838. The summed E-state index contributed by atoms with van der Waals surface area (Å²) in [6.45, 7) is 1.00. The van der Waals surface area contributed by atoms with E-state index in [9.17, 15) is 9.59 Å². The van der Waals surface area contributed by atoms with Gasteiger partial charge in [-0.15, -0.1) is 11.8 Å². The van der Waals surface area contributed by atoms with Crippen LogP contribution in [0.15, 0.2) is 23.1 Å². The van der Waals surface area contributed by atoms with Gasteiger partial charge in [-0.05, 0) is 37.3 Å². The molecule has 0 bridgehead atoms. The average Bonchev–Trinajstić information content (AvgIpc) is 2.47. The monoisotopic (exact) mass is 327 g/mol. The Morgan fingerprint density at radius 1 is 1.48 bits per heavy atom. The van der Waals surface area contributed by atoms with Crippen LogP contribution in [0.25, 0.3) is 0 Å². The van der Waals surface area contributed by atoms with Crippen LogP contribution in [-0.2, 0) is 4.79 Å². The maximum absolute atomic E-state index is 12.2. The van der Waals surface area contributed by atoms with E-state index >= 15 is 0 Å². The molecule has 0 radical (unpaired) electrons. The number of carbonyl (C=O) groups is 2. The number of urea groups is 1. The largest absolute Gasteiger partial charge is 0.369 e. The van der Waals surface area contributed by atoms with E-state index in [1.165, 1.54) is 0 Å². The van der Waals surface area contributed by atoms with Gasteiger partial charge in [-0.3, -0.25) is 4.79 Å². The number of thioether (sulfide) groups is 1. The first-order valence-corrected chi connectivity index (χ1v) is 8.30. The number of piperidine rings is 1. The molecule has 1 aliphatic heterocycles. The van der Waals surface area contributed by atoms with E-state index in [4.69, 9.17) is 17.3 Å². The van der Waals surface area contributed by atoms with Gasteiger partial charge in [0.05, 0.1) is 10.9 Å². The zero-order valence-electron chi connectivity index (χ0n) is 11.8. The molecule has 21 heavy (non-hydrogen) atoms. The number of benzene rings is 1. The van der Waals surface area contributed by atoms with Gasteiger partial charge in [-0.2, -0.15) is 0 Å². The van der Waals surface area contributed by atoms with Crippen molar-refractivity contribution in [2.75, 3.05) is 24.7 Å². The molecule has 0 saturated carbocycles. The summed E-state index contributed by atoms with van der Waals surface area (Å²) in [7, 11) is 0. The number of likely N-dealkylation sites (tertiary alicyclic amines) is 1. The molecule has 1 aromatic carbocycles. The first-order chi connectivity index (χ1) is 10.0. The van der Waals surface area contributed by atoms with Crippen molar-refractivity contribution in [3.63, 3.8) is 0 Å². The molecule has 0 unspecified atom stereocenters. The summed E-state index contributed by atoms with van der Waals surface area (Å²) >= 11 is 7.66. The van der Waals surface area contributed by atoms with Gasteiger partial charge in [0.2, 0.25) is 5.91 Å². The van der Waals surface area contributed by atoms with Crippen molar-refractivity contribution >= 4 is 41.0 Å². The highest BCUT2D eigenvalue weighted by molar-refractivity contribution is 7.98. The molecule has 114 valence electrons. The number of hydrogen-bond donors (Lipinski definition) is 2. The predicted octanol–water partition coefficient (Wildman–Crippen LogP) is 2.79. The topological polar surface area (TPSA) is 75.4 Å². The van der Waals surface area contributed by atoms with Crippen molar-refractivity contribution in [2.24, 2.45) is 11.7 Å². The SMILES string of the molecule is CSc1ccc(NC(=O)N2CCC[C@H](C(N)=O)C2)cc1Cl. The highest BCUT2D eigenvalue weighted by Crippen LogP contribution is 2.28. The molecule has 2 rings (SSSR count). The van der Waals surface area contributed by atoms with E-state index in [0.717, 1.165) is 17.7 Å². The summed E-state index contributed by atoms with van der Waals surface area (Å²) in [6.07, 6.45) is 3.47. The first kappa shape index (κ1) is 16.0. The fourth-order valence-corrected chi connectivity index (χ4v) is 3.21. The molecule has 3 amide bonds. The molecule has 1 heterocycles. The van der Waals surface area contributed by atoms with Crippen LogP contribution >= 0.6 is 23.4 Å². The fourth-order valence-electron chi connectivity index (χ4n) is 2.34. The zero-order valence-corrected chi connectivity index (χ0v) is 13.3. The summed E-state index contributed by atoms with van der Waals surface area (Å²) in [5.74, 6) is -0.605. The van der Waals surface area contributed by atoms with Crippen molar-refractivity contribution in [3.05, 3.63) is 23.2 Å². The van der Waals surface area contributed by atoms with E-state index in [0.29, 0.717) is 23.8 Å². The van der Waals surface area contributed by atoms with E-state index in [1.807, 2.05) is 18.4 Å². The van der Waals surface area contributed by atoms with Gasteiger partial charge in [0, 0.05) is 23.7 Å². The number of primary amides is 1. The van der Waals surface area contributed by atoms with Crippen molar-refractivity contribution in [2.45, 2.75) is 17.7 Å². The van der Waals surface area contributed by atoms with Gasteiger partial charge < -0.3 is 16.0 Å². The van der Waals surface area contributed by atoms with Gasteiger partial charge >= 0.3 is 6.03 Å². The molecule has 5 nitrogen and oxygen atoms in total. The van der Waals surface area contributed by atoms with E-state index in [-0.39, 0.29) is 17.9 Å². The summed E-state index contributed by atoms with van der Waals surface area (Å²) in [5, 5.41) is 3.41. The van der Waals surface area contributed by atoms with Gasteiger partial charge in [0.15, 0.2) is 0 Å². The maximum atomic E-state index is 12.2. The molecule has 1 atom stereocenters. The normalized spacial score (nSPS) is 18.4. The molecule has 7 heteroatoms. The molecular formula is C14H18ClN3O2S. The Hall–Kier alpha value is -1.40. The van der Waals surface area contributed by atoms with Crippen LogP contribution in [0.2, 0.25) is 5.02 Å². The number of carbonyl (C=O) groups excluding carboxylic acids is 2. The van der Waals surface area contributed by atoms with Crippen LogP contribution in [0.1, 0.15) is 12.8 Å². The van der Waals surface area contributed by atoms with Crippen LogP contribution < -0.4 is 11.1 Å². The molecular weight excluding hydrogens is 310 g/mol. The number of anilines is 1. The van der Waals surface area contributed by atoms with Crippen molar-refractivity contribution in [1.29, 1.82) is 0 Å². The predicted molar refractivity (Wildman–Crippen MR) is 85.7 cm³/mol. The Morgan fingerprint density at radius 3 is 2.86 bits per heavy atom. The minimum Gasteiger partial charge on any atom is -0.369 e. The van der Waals surface area contributed by atoms with Crippen LogP contribution in [0, 0.1) is 5.92 Å². The van der Waals surface area contributed by atoms with Crippen LogP contribution in [0.3, 0.4) is 0 Å². The van der Waals surface area contributed by atoms with Gasteiger partial charge in [0.25, 0.3) is 0 Å². The third-order valence-corrected chi connectivity index (χ3v) is 4.73. The molecule has 0 aliphatic carbocycles. The van der Waals surface area contributed by atoms with E-state index in [2.05, 4.69) is 5.32 Å². The van der Waals surface area contributed by atoms with Crippen LogP contribution in [0.4, 0.5) is 10.5 Å². The second kappa shape index (κ2) is 7.04. The molecule has 3 N–H and O–H groups in total. The summed E-state index contributed by atoms with van der Waals surface area (Å²) in [6, 6.07) is 5.17. The Morgan fingerprint density at radius 2 is 2.24 bits per heavy atom. The van der Waals surface area contributed by atoms with E-state index in [1.54, 1.807) is 22.7 Å². The Labute approximate surface area is 133 Å². The lowest BCUT2D eigenvalue weighted by atomic mass is 9.98. The highest BCUT2D eigenvalue weighted by atomic mass is 35.5. The molecule has 1 aliphatic rings. The zero-order chi connectivity index (χ0) is 15.4. The number of nitrogens with two attached hydrogens (primary N) is 1. The molecule has 1 fully saturated rings. The standard InChI is InChI=1S/C14H18ClN3O2S/c1-21-12-5-4-10(7-11(12)15)17-14(20)18-6-2-3-9(8-18)13(16)19/h4-5,7,9H,2-3,6,8H2,1H3,(H2,16,19)(H,17,20)/t9-/m0/s1. The first-order valence-electron chi connectivity index (χ1n) is 6.70. The van der Waals surface area contributed by atoms with Gasteiger partial charge in [-0.25, -0.2) is 4.79 Å². The second-order valence-corrected chi connectivity index (χ2v) is 6.22. The number of halogens is 1. The van der Waals surface area contributed by atoms with E-state index < -0.39 is 0 Å². The smallest absolute Gasteiger partial charge is 0.321 e. The van der Waals surface area contributed by atoms with Crippen LogP contribution in [-0.4, -0.2) is 36.2 Å². The fraction of sp³-hybridized carbons (Fsp3) is 0.429. The minimum atomic E-state index is -0.347. The van der Waals surface area contributed by atoms with Crippen LogP contribution in [0.5, 0.6) is 0 Å². The number of rotatable bonds is 3. The Balaban J connectivity index is 2.00.